The number of aliphatic hydroxyl groups is 1. The summed E-state index contributed by atoms with van der Waals surface area (Å²) >= 11 is 1.69. The van der Waals surface area contributed by atoms with Crippen LogP contribution in [0.15, 0.2) is 18.2 Å². The van der Waals surface area contributed by atoms with Crippen LogP contribution in [0.3, 0.4) is 0 Å². The van der Waals surface area contributed by atoms with E-state index in [0.29, 0.717) is 0 Å². The van der Waals surface area contributed by atoms with E-state index in [2.05, 4.69) is 45.9 Å². The highest BCUT2D eigenvalue weighted by atomic mass is 32.1. The summed E-state index contributed by atoms with van der Waals surface area (Å²) in [6, 6.07) is 6.66. The van der Waals surface area contributed by atoms with Gasteiger partial charge in [0.2, 0.25) is 0 Å². The lowest BCUT2D eigenvalue weighted by molar-refractivity contribution is 0.102. The molecule has 1 atom stereocenters. The maximum Gasteiger partial charge on any atom is 0.0975 e. The lowest BCUT2D eigenvalue weighted by Gasteiger charge is -2.31. The van der Waals surface area contributed by atoms with E-state index in [1.54, 1.807) is 11.3 Å². The molecule has 0 bridgehead atoms. The smallest absolute Gasteiger partial charge is 0.0975 e. The van der Waals surface area contributed by atoms with E-state index in [0.717, 1.165) is 34.8 Å². The molecule has 21 heavy (non-hydrogen) atoms. The van der Waals surface area contributed by atoms with Gasteiger partial charge < -0.3 is 5.11 Å². The van der Waals surface area contributed by atoms with Crippen molar-refractivity contribution >= 4 is 11.3 Å². The van der Waals surface area contributed by atoms with Crippen LogP contribution >= 0.6 is 11.3 Å². The van der Waals surface area contributed by atoms with Crippen LogP contribution in [-0.4, -0.2) is 10.1 Å². The van der Waals surface area contributed by atoms with Gasteiger partial charge in [-0.05, 0) is 37.7 Å². The summed E-state index contributed by atoms with van der Waals surface area (Å²) in [5.41, 5.74) is 5.17. The van der Waals surface area contributed by atoms with Gasteiger partial charge in [0, 0.05) is 6.42 Å². The first kappa shape index (κ1) is 14.7. The molecule has 3 rings (SSSR count). The van der Waals surface area contributed by atoms with Gasteiger partial charge in [-0.15, -0.1) is 11.3 Å². The van der Waals surface area contributed by atoms with Gasteiger partial charge in [-0.1, -0.05) is 43.2 Å². The monoisotopic (exact) mass is 301 g/mol. The maximum absolute atomic E-state index is 10.3. The zero-order valence-electron chi connectivity index (χ0n) is 13.2. The molecule has 112 valence electrons. The number of rotatable bonds is 2. The van der Waals surface area contributed by atoms with E-state index >= 15 is 0 Å². The third-order valence-corrected chi connectivity index (χ3v) is 5.30. The van der Waals surface area contributed by atoms with Gasteiger partial charge in [0.15, 0.2) is 0 Å². The van der Waals surface area contributed by atoms with Crippen molar-refractivity contribution in [2.45, 2.75) is 53.1 Å². The van der Waals surface area contributed by atoms with Crippen molar-refractivity contribution in [3.05, 3.63) is 50.5 Å². The fourth-order valence-corrected chi connectivity index (χ4v) is 4.47. The van der Waals surface area contributed by atoms with E-state index in [-0.39, 0.29) is 11.5 Å². The van der Waals surface area contributed by atoms with Crippen LogP contribution in [-0.2, 0) is 12.8 Å². The lowest BCUT2D eigenvalue weighted by atomic mass is 9.77. The maximum atomic E-state index is 10.3. The summed E-state index contributed by atoms with van der Waals surface area (Å²) in [6.07, 6.45) is 2.34. The largest absolute Gasteiger partial charge is 0.387 e. The number of aryl methyl sites for hydroxylation is 2. The highest BCUT2D eigenvalue weighted by Crippen LogP contribution is 2.43. The Hall–Kier alpha value is -1.19. The molecule has 1 aromatic carbocycles. The summed E-state index contributed by atoms with van der Waals surface area (Å²) in [5.74, 6) is 0. The highest BCUT2D eigenvalue weighted by molar-refractivity contribution is 7.11. The first-order valence-corrected chi connectivity index (χ1v) is 8.38. The third-order valence-electron chi connectivity index (χ3n) is 4.10. The van der Waals surface area contributed by atoms with Crippen LogP contribution in [0.2, 0.25) is 0 Å². The van der Waals surface area contributed by atoms with E-state index in [9.17, 15) is 5.11 Å². The van der Waals surface area contributed by atoms with Gasteiger partial charge in [-0.2, -0.15) is 0 Å². The summed E-state index contributed by atoms with van der Waals surface area (Å²) in [6.45, 7) is 8.69. The summed E-state index contributed by atoms with van der Waals surface area (Å²) < 4.78 is 0. The summed E-state index contributed by atoms with van der Waals surface area (Å²) in [5, 5.41) is 11.5. The molecule has 0 saturated carbocycles. The number of hydrogen-bond donors (Lipinski definition) is 1. The van der Waals surface area contributed by atoms with Crippen LogP contribution < -0.4 is 0 Å². The standard InChI is InChI=1S/C18H23NOS/c1-11-5-12(2)7-13(6-11)8-16-19-14-9-18(3,4)10-15(20)17(14)21-16/h5-7,15,20H,8-10H2,1-4H3. The molecule has 0 amide bonds. The van der Waals surface area contributed by atoms with Gasteiger partial charge in [0.1, 0.15) is 0 Å². The molecule has 0 fully saturated rings. The second-order valence-electron chi connectivity index (χ2n) is 7.15. The molecule has 2 nitrogen and oxygen atoms in total. The van der Waals surface area contributed by atoms with Crippen LogP contribution in [0, 0.1) is 19.3 Å². The second kappa shape index (κ2) is 5.22. The number of benzene rings is 1. The van der Waals surface area contributed by atoms with Crippen molar-refractivity contribution in [1.29, 1.82) is 0 Å². The molecule has 0 saturated heterocycles. The Morgan fingerprint density at radius 2 is 1.90 bits per heavy atom. The van der Waals surface area contributed by atoms with Crippen LogP contribution in [0.25, 0.3) is 0 Å². The average molecular weight is 301 g/mol. The molecular weight excluding hydrogens is 278 g/mol. The topological polar surface area (TPSA) is 33.1 Å². The van der Waals surface area contributed by atoms with Gasteiger partial charge >= 0.3 is 0 Å². The predicted octanol–water partition coefficient (Wildman–Crippen LogP) is 4.36. The quantitative estimate of drug-likeness (QED) is 0.894. The fraction of sp³-hybridized carbons (Fsp3) is 0.500. The summed E-state index contributed by atoms with van der Waals surface area (Å²) in [7, 11) is 0. The molecule has 2 aromatic rings. The first-order chi connectivity index (χ1) is 9.82. The zero-order chi connectivity index (χ0) is 15.2. The van der Waals surface area contributed by atoms with E-state index in [4.69, 9.17) is 4.98 Å². The first-order valence-electron chi connectivity index (χ1n) is 7.56. The Labute approximate surface area is 130 Å². The fourth-order valence-electron chi connectivity index (χ4n) is 3.36. The summed E-state index contributed by atoms with van der Waals surface area (Å²) in [4.78, 5) is 5.90. The minimum Gasteiger partial charge on any atom is -0.387 e. The molecule has 1 aromatic heterocycles. The van der Waals surface area contributed by atoms with E-state index in [1.165, 1.54) is 16.7 Å². The number of fused-ring (bicyclic) bond motifs is 1. The van der Waals surface area contributed by atoms with Crippen molar-refractivity contribution in [3.63, 3.8) is 0 Å². The van der Waals surface area contributed by atoms with Crippen LogP contribution in [0.5, 0.6) is 0 Å². The zero-order valence-corrected chi connectivity index (χ0v) is 14.0. The molecule has 0 spiro atoms. The number of aliphatic hydroxyl groups excluding tert-OH is 1. The number of aromatic nitrogens is 1. The molecule has 3 heteroatoms. The molecule has 1 N–H and O–H groups in total. The molecule has 1 unspecified atom stereocenters. The minimum absolute atomic E-state index is 0.150. The molecule has 1 aliphatic rings. The molecular formula is C18H23NOS. The Morgan fingerprint density at radius 1 is 1.24 bits per heavy atom. The van der Waals surface area contributed by atoms with Crippen molar-refractivity contribution in [2.75, 3.05) is 0 Å². The second-order valence-corrected chi connectivity index (χ2v) is 8.27. The van der Waals surface area contributed by atoms with E-state index < -0.39 is 0 Å². The molecule has 1 heterocycles. The Kier molecular flexibility index (Phi) is 3.66. The van der Waals surface area contributed by atoms with Crippen molar-refractivity contribution < 1.29 is 5.11 Å². The molecule has 0 aliphatic heterocycles. The van der Waals surface area contributed by atoms with E-state index in [1.807, 2.05) is 0 Å². The highest BCUT2D eigenvalue weighted by Gasteiger charge is 2.33. The van der Waals surface area contributed by atoms with Gasteiger partial charge in [-0.25, -0.2) is 4.98 Å². The van der Waals surface area contributed by atoms with Gasteiger partial charge in [-0.3, -0.25) is 0 Å². The van der Waals surface area contributed by atoms with Crippen LogP contribution in [0.4, 0.5) is 0 Å². The van der Waals surface area contributed by atoms with Crippen LogP contribution in [0.1, 0.15) is 58.6 Å². The SMILES string of the molecule is Cc1cc(C)cc(Cc2nc3c(s2)C(O)CC(C)(C)C3)c1. The molecule has 1 aliphatic carbocycles. The average Bonchev–Trinajstić information content (AvgIpc) is 2.68. The van der Waals surface area contributed by atoms with Gasteiger partial charge in [0.05, 0.1) is 21.7 Å². The minimum atomic E-state index is -0.339. The van der Waals surface area contributed by atoms with Crippen molar-refractivity contribution in [2.24, 2.45) is 5.41 Å². The van der Waals surface area contributed by atoms with Crippen molar-refractivity contribution in [3.8, 4) is 0 Å². The number of thiazole rings is 1. The Morgan fingerprint density at radius 3 is 2.57 bits per heavy atom. The third kappa shape index (κ3) is 3.19. The predicted molar refractivity (Wildman–Crippen MR) is 87.9 cm³/mol. The number of nitrogens with zero attached hydrogens (tertiary/aromatic N) is 1. The lowest BCUT2D eigenvalue weighted by Crippen LogP contribution is -2.24. The van der Waals surface area contributed by atoms with Gasteiger partial charge in [0.25, 0.3) is 0 Å². The Bertz CT molecular complexity index is 652. The molecule has 0 radical (unpaired) electrons. The number of hydrogen-bond acceptors (Lipinski definition) is 3. The van der Waals surface area contributed by atoms with Crippen molar-refractivity contribution in [1.82, 2.24) is 4.98 Å². The normalized spacial score (nSPS) is 20.3. The Balaban J connectivity index is 1.88.